The van der Waals surface area contributed by atoms with Gasteiger partial charge in [0.2, 0.25) is 10.6 Å². The first-order valence-corrected chi connectivity index (χ1v) is 11.9. The number of aromatic nitrogens is 2. The van der Waals surface area contributed by atoms with Gasteiger partial charge in [-0.25, -0.2) is 9.48 Å². The minimum absolute atomic E-state index is 0.150. The third kappa shape index (κ3) is 5.98. The maximum Gasteiger partial charge on any atom is 0.578 e. The van der Waals surface area contributed by atoms with Gasteiger partial charge in [0.15, 0.2) is 5.82 Å². The van der Waals surface area contributed by atoms with Crippen molar-refractivity contribution in [2.75, 3.05) is 30.6 Å². The zero-order valence-electron chi connectivity index (χ0n) is 16.9. The summed E-state index contributed by atoms with van der Waals surface area (Å²) < 4.78 is 96.9. The van der Waals surface area contributed by atoms with Gasteiger partial charge in [-0.1, -0.05) is 23.2 Å². The quantitative estimate of drug-likeness (QED) is 0.254. The van der Waals surface area contributed by atoms with Gasteiger partial charge in [-0.15, -0.1) is 18.3 Å². The first kappa shape index (κ1) is 28.2. The number of carbonyl (C=O) groups is 1. The third-order valence-electron chi connectivity index (χ3n) is 3.98. The maximum atomic E-state index is 13.3. The van der Waals surface area contributed by atoms with Gasteiger partial charge in [-0.3, -0.25) is 4.90 Å². The van der Waals surface area contributed by atoms with Crippen molar-refractivity contribution in [2.24, 2.45) is 0 Å². The number of nitrogens with zero attached hydrogens (tertiary/aromatic N) is 4. The molecule has 1 aromatic heterocycles. The molecule has 0 aliphatic heterocycles. The van der Waals surface area contributed by atoms with Crippen LogP contribution < -0.4 is 4.90 Å². The molecular weight excluding hydrogens is 557 g/mol. The lowest BCUT2D eigenvalue weighted by molar-refractivity contribution is -0.137. The Balaban J connectivity index is 2.83. The van der Waals surface area contributed by atoms with Crippen molar-refractivity contribution in [3.63, 3.8) is 0 Å². The van der Waals surface area contributed by atoms with E-state index in [0.717, 1.165) is 7.05 Å². The molecule has 1 heterocycles. The number of hydrogen-bond acceptors (Lipinski definition) is 6. The monoisotopic (exact) mass is 568 g/mol. The van der Waals surface area contributed by atoms with Crippen molar-refractivity contribution in [1.29, 1.82) is 5.26 Å². The minimum Gasteiger partial charge on any atom is -0.604 e. The second kappa shape index (κ2) is 10.7. The number of ether oxygens (including phenoxy) is 1. The molecule has 0 bridgehead atoms. The Hall–Kier alpha value is -1.99. The van der Waals surface area contributed by atoms with Crippen LogP contribution in [-0.2, 0) is 22.1 Å². The van der Waals surface area contributed by atoms with Crippen LogP contribution >= 0.6 is 35.0 Å². The van der Waals surface area contributed by atoms with E-state index in [2.05, 4.69) is 5.10 Å². The summed E-state index contributed by atoms with van der Waals surface area (Å²) in [6.45, 7) is -0.150. The van der Waals surface area contributed by atoms with Gasteiger partial charge >= 0.3 is 17.8 Å². The van der Waals surface area contributed by atoms with Crippen molar-refractivity contribution in [1.82, 2.24) is 9.78 Å². The summed E-state index contributed by atoms with van der Waals surface area (Å²) in [5, 5.41) is 11.5. The Bertz CT molecular complexity index is 1100. The highest BCUT2D eigenvalue weighted by molar-refractivity contribution is 7.98. The lowest BCUT2D eigenvalue weighted by Crippen LogP contribution is -2.33. The van der Waals surface area contributed by atoms with E-state index in [0.29, 0.717) is 27.5 Å². The average molecular weight is 569 g/mol. The largest absolute Gasteiger partial charge is 0.604 e. The highest BCUT2D eigenvalue weighted by Gasteiger charge is 2.51. The van der Waals surface area contributed by atoms with E-state index in [-0.39, 0.29) is 6.61 Å². The van der Waals surface area contributed by atoms with E-state index in [1.165, 1.54) is 17.8 Å². The molecule has 0 aliphatic rings. The summed E-state index contributed by atoms with van der Waals surface area (Å²) in [4.78, 5) is 11.7. The lowest BCUT2D eigenvalue weighted by atomic mass is 10.2. The van der Waals surface area contributed by atoms with Gasteiger partial charge in [0, 0.05) is 12.8 Å². The molecule has 1 unspecified atom stereocenters. The number of thioether (sulfide) groups is 1. The van der Waals surface area contributed by atoms with Gasteiger partial charge in [-0.05, 0) is 18.4 Å². The lowest BCUT2D eigenvalue weighted by Gasteiger charge is -2.21. The van der Waals surface area contributed by atoms with E-state index < -0.39 is 66.7 Å². The smallest absolute Gasteiger partial charge is 0.578 e. The molecule has 2 aromatic rings. The van der Waals surface area contributed by atoms with Gasteiger partial charge in [0.1, 0.15) is 29.5 Å². The number of benzene rings is 1. The summed E-state index contributed by atoms with van der Waals surface area (Å²) in [7, 11) is 0.930. The van der Waals surface area contributed by atoms with Crippen molar-refractivity contribution in [2.45, 2.75) is 16.6 Å². The van der Waals surface area contributed by atoms with Crippen LogP contribution in [0.1, 0.15) is 11.3 Å². The van der Waals surface area contributed by atoms with E-state index in [1.54, 1.807) is 6.26 Å². The van der Waals surface area contributed by atoms with Crippen molar-refractivity contribution < 1.29 is 40.4 Å². The zero-order chi connectivity index (χ0) is 26.0. The van der Waals surface area contributed by atoms with Gasteiger partial charge in [0.05, 0.1) is 15.6 Å². The van der Waals surface area contributed by atoms with Crippen LogP contribution in [0.3, 0.4) is 0 Å². The molecule has 2 rings (SSSR count). The molecule has 0 aliphatic carbocycles. The molecule has 0 saturated carbocycles. The molecule has 34 heavy (non-hydrogen) atoms. The fourth-order valence-electron chi connectivity index (χ4n) is 2.53. The molecule has 0 radical (unpaired) electrons. The van der Waals surface area contributed by atoms with Crippen LogP contribution in [0.15, 0.2) is 17.0 Å². The number of carbonyl (C=O) groups excluding carboxylic acids is 1. The highest BCUT2D eigenvalue weighted by atomic mass is 35.5. The molecule has 186 valence electrons. The van der Waals surface area contributed by atoms with Gasteiger partial charge in [-0.2, -0.15) is 30.2 Å². The highest BCUT2D eigenvalue weighted by Crippen LogP contribution is 2.43. The third-order valence-corrected chi connectivity index (χ3v) is 6.30. The standard InChI is InChI=1S/C17H12Cl2F6N4O3S2/c1-28(15(30)32-3-4-33-2)14-13(34(31)17(23,24)25)11(7-26)27-29(14)12-9(18)5-8(6-10(12)19)16(20,21)22/h5-6H,3-4H2,1-2H3. The average Bonchev–Trinajstić information content (AvgIpc) is 3.09. The van der Waals surface area contributed by atoms with Crippen molar-refractivity contribution in [3.05, 3.63) is 33.4 Å². The van der Waals surface area contributed by atoms with Crippen LogP contribution in [0.25, 0.3) is 5.69 Å². The van der Waals surface area contributed by atoms with E-state index in [9.17, 15) is 41.0 Å². The van der Waals surface area contributed by atoms with E-state index in [4.69, 9.17) is 27.9 Å². The SMILES string of the molecule is CSCCOC(=O)N(C)c1c([S+]([O-])C(F)(F)F)c(C#N)nn1-c1c(Cl)cc(C(F)(F)F)cc1Cl. The van der Waals surface area contributed by atoms with E-state index >= 15 is 0 Å². The number of rotatable bonds is 6. The number of anilines is 1. The maximum absolute atomic E-state index is 13.3. The zero-order valence-corrected chi connectivity index (χ0v) is 20.1. The fraction of sp³-hybridized carbons (Fsp3) is 0.353. The molecule has 0 N–H and O–H groups in total. The predicted octanol–water partition coefficient (Wildman–Crippen LogP) is 5.63. The molecule has 1 aromatic carbocycles. The van der Waals surface area contributed by atoms with E-state index in [1.807, 2.05) is 0 Å². The molecule has 0 saturated heterocycles. The van der Waals surface area contributed by atoms with Gasteiger partial charge in [0.25, 0.3) is 0 Å². The molecule has 0 fully saturated rings. The number of hydrogen-bond donors (Lipinski definition) is 0. The van der Waals surface area contributed by atoms with Gasteiger partial charge < -0.3 is 9.29 Å². The Morgan fingerprint density at radius 3 is 2.29 bits per heavy atom. The summed E-state index contributed by atoms with van der Waals surface area (Å²) >= 11 is 9.31. The van der Waals surface area contributed by atoms with Crippen LogP contribution in [0.5, 0.6) is 0 Å². The normalized spacial score (nSPS) is 12.9. The molecular formula is C17H12Cl2F6N4O3S2. The van der Waals surface area contributed by atoms with Crippen molar-refractivity contribution in [3.8, 4) is 11.8 Å². The molecule has 7 nitrogen and oxygen atoms in total. The number of alkyl halides is 6. The Kier molecular flexibility index (Phi) is 8.92. The predicted molar refractivity (Wildman–Crippen MR) is 114 cm³/mol. The molecule has 1 amide bonds. The second-order valence-electron chi connectivity index (χ2n) is 6.19. The first-order valence-electron chi connectivity index (χ1n) is 8.62. The molecule has 0 spiro atoms. The summed E-state index contributed by atoms with van der Waals surface area (Å²) in [6, 6.07) is 2.18. The number of amides is 1. The second-order valence-corrected chi connectivity index (χ2v) is 9.40. The Labute approximate surface area is 205 Å². The molecule has 17 heteroatoms. The Morgan fingerprint density at radius 1 is 1.29 bits per heavy atom. The van der Waals surface area contributed by atoms with Crippen LogP contribution in [0.2, 0.25) is 10.0 Å². The molecule has 1 atom stereocenters. The topological polar surface area (TPSA) is 94.2 Å². The summed E-state index contributed by atoms with van der Waals surface area (Å²) in [5.74, 6) is -0.551. The minimum atomic E-state index is -5.38. The summed E-state index contributed by atoms with van der Waals surface area (Å²) in [6.07, 6.45) is -4.39. The van der Waals surface area contributed by atoms with Crippen LogP contribution in [0, 0.1) is 11.3 Å². The summed E-state index contributed by atoms with van der Waals surface area (Å²) in [5.41, 5.74) is -8.27. The fourth-order valence-corrected chi connectivity index (χ4v) is 4.31. The van der Waals surface area contributed by atoms with Crippen molar-refractivity contribution >= 4 is 58.1 Å². The Morgan fingerprint density at radius 2 is 1.85 bits per heavy atom. The van der Waals surface area contributed by atoms with Crippen LogP contribution in [0.4, 0.5) is 37.0 Å². The number of nitriles is 1. The van der Waals surface area contributed by atoms with Crippen LogP contribution in [-0.4, -0.2) is 51.6 Å². The number of halogens is 8. The first-order chi connectivity index (χ1) is 15.6.